The Morgan fingerprint density at radius 2 is 1.40 bits per heavy atom. The van der Waals surface area contributed by atoms with Crippen molar-refractivity contribution in [1.29, 1.82) is 0 Å². The normalized spacial score (nSPS) is 11.4. The number of carbonyl (C=O) groups excluding carboxylic acids is 3. The molecule has 3 aromatic rings. The van der Waals surface area contributed by atoms with Crippen LogP contribution in [0.25, 0.3) is 0 Å². The molecule has 6 heteroatoms. The van der Waals surface area contributed by atoms with Crippen molar-refractivity contribution in [3.05, 3.63) is 107 Å². The lowest BCUT2D eigenvalue weighted by Crippen LogP contribution is -2.31. The number of amides is 1. The van der Waals surface area contributed by atoms with Crippen LogP contribution in [0.15, 0.2) is 84.9 Å². The first-order valence-corrected chi connectivity index (χ1v) is 9.38. The summed E-state index contributed by atoms with van der Waals surface area (Å²) in [5.41, 5.74) is 1.46. The van der Waals surface area contributed by atoms with Gasteiger partial charge in [0.25, 0.3) is 5.91 Å². The number of ketones is 1. The van der Waals surface area contributed by atoms with E-state index in [0.717, 1.165) is 5.56 Å². The van der Waals surface area contributed by atoms with Gasteiger partial charge in [-0.3, -0.25) is 14.4 Å². The first-order chi connectivity index (χ1) is 14.5. The molecule has 5 nitrogen and oxygen atoms in total. The van der Waals surface area contributed by atoms with Crippen LogP contribution in [0.2, 0.25) is 0 Å². The average Bonchev–Trinajstić information content (AvgIpc) is 2.78. The maximum absolute atomic E-state index is 13.0. The predicted molar refractivity (Wildman–Crippen MR) is 109 cm³/mol. The van der Waals surface area contributed by atoms with Gasteiger partial charge in [0.05, 0.1) is 12.5 Å². The molecule has 0 aliphatic carbocycles. The van der Waals surface area contributed by atoms with E-state index in [2.05, 4.69) is 5.32 Å². The van der Waals surface area contributed by atoms with E-state index in [-0.39, 0.29) is 17.9 Å². The second kappa shape index (κ2) is 10.1. The summed E-state index contributed by atoms with van der Waals surface area (Å²) in [6.45, 7) is -0.460. The number of esters is 1. The zero-order valence-electron chi connectivity index (χ0n) is 16.1. The van der Waals surface area contributed by atoms with E-state index >= 15 is 0 Å². The SMILES string of the molecule is O=C(CC(NC(=O)c1ccccc1)c1ccccc1)OCC(=O)c1ccc(F)cc1. The number of benzene rings is 3. The Morgan fingerprint density at radius 3 is 2.03 bits per heavy atom. The molecule has 30 heavy (non-hydrogen) atoms. The highest BCUT2D eigenvalue weighted by atomic mass is 19.1. The molecular weight excluding hydrogens is 385 g/mol. The van der Waals surface area contributed by atoms with Gasteiger partial charge in [-0.1, -0.05) is 48.5 Å². The Balaban J connectivity index is 1.63. The van der Waals surface area contributed by atoms with Gasteiger partial charge < -0.3 is 10.1 Å². The van der Waals surface area contributed by atoms with Gasteiger partial charge in [0, 0.05) is 11.1 Å². The van der Waals surface area contributed by atoms with Gasteiger partial charge in [-0.2, -0.15) is 0 Å². The van der Waals surface area contributed by atoms with Crippen LogP contribution in [-0.4, -0.2) is 24.3 Å². The van der Waals surface area contributed by atoms with Gasteiger partial charge in [-0.05, 0) is 42.0 Å². The number of carbonyl (C=O) groups is 3. The smallest absolute Gasteiger partial charge is 0.308 e. The zero-order valence-corrected chi connectivity index (χ0v) is 16.1. The molecule has 0 aromatic heterocycles. The summed E-state index contributed by atoms with van der Waals surface area (Å²) >= 11 is 0. The predicted octanol–water partition coefficient (Wildman–Crippen LogP) is 4.11. The zero-order chi connectivity index (χ0) is 21.3. The van der Waals surface area contributed by atoms with E-state index in [1.807, 2.05) is 6.07 Å². The molecule has 3 rings (SSSR count). The molecule has 1 N–H and O–H groups in total. The lowest BCUT2D eigenvalue weighted by atomic mass is 10.0. The molecule has 0 spiro atoms. The van der Waals surface area contributed by atoms with Crippen LogP contribution in [0.3, 0.4) is 0 Å². The second-order valence-corrected chi connectivity index (χ2v) is 6.60. The second-order valence-electron chi connectivity index (χ2n) is 6.60. The topological polar surface area (TPSA) is 72.5 Å². The molecular formula is C24H20FNO4. The van der Waals surface area contributed by atoms with E-state index in [4.69, 9.17) is 4.74 Å². The molecule has 0 aliphatic heterocycles. The molecule has 1 unspecified atom stereocenters. The van der Waals surface area contributed by atoms with Crippen molar-refractivity contribution in [2.24, 2.45) is 0 Å². The minimum absolute atomic E-state index is 0.140. The molecule has 0 radical (unpaired) electrons. The highest BCUT2D eigenvalue weighted by Crippen LogP contribution is 2.18. The van der Waals surface area contributed by atoms with Gasteiger partial charge in [0.1, 0.15) is 5.82 Å². The molecule has 0 bridgehead atoms. The van der Waals surface area contributed by atoms with Gasteiger partial charge in [-0.25, -0.2) is 4.39 Å². The Bertz CT molecular complexity index is 1000. The summed E-state index contributed by atoms with van der Waals surface area (Å²) < 4.78 is 18.1. The van der Waals surface area contributed by atoms with Crippen molar-refractivity contribution in [3.63, 3.8) is 0 Å². The molecule has 0 saturated heterocycles. The third kappa shape index (κ3) is 5.85. The summed E-state index contributed by atoms with van der Waals surface area (Å²) in [4.78, 5) is 37.0. The van der Waals surface area contributed by atoms with Gasteiger partial charge in [0.15, 0.2) is 12.4 Å². The molecule has 1 atom stereocenters. The summed E-state index contributed by atoms with van der Waals surface area (Å²) in [5.74, 6) is -1.84. The molecule has 0 fully saturated rings. The largest absolute Gasteiger partial charge is 0.457 e. The molecule has 1 amide bonds. The molecule has 0 aliphatic rings. The van der Waals surface area contributed by atoms with Crippen LogP contribution >= 0.6 is 0 Å². The Labute approximate surface area is 173 Å². The lowest BCUT2D eigenvalue weighted by molar-refractivity contribution is -0.143. The molecule has 0 saturated carbocycles. The van der Waals surface area contributed by atoms with E-state index < -0.39 is 30.2 Å². The van der Waals surface area contributed by atoms with Gasteiger partial charge >= 0.3 is 5.97 Å². The van der Waals surface area contributed by atoms with Gasteiger partial charge in [-0.15, -0.1) is 0 Å². The third-order valence-corrected chi connectivity index (χ3v) is 4.44. The van der Waals surface area contributed by atoms with Gasteiger partial charge in [0.2, 0.25) is 0 Å². The van der Waals surface area contributed by atoms with E-state index in [1.165, 1.54) is 24.3 Å². The number of halogens is 1. The number of ether oxygens (including phenoxy) is 1. The standard InChI is InChI=1S/C24H20FNO4/c25-20-13-11-18(12-14-20)22(27)16-30-23(28)15-21(17-7-3-1-4-8-17)26-24(29)19-9-5-2-6-10-19/h1-14,21H,15-16H2,(H,26,29). The van der Waals surface area contributed by atoms with E-state index in [0.29, 0.717) is 5.56 Å². The fourth-order valence-corrected chi connectivity index (χ4v) is 2.86. The van der Waals surface area contributed by atoms with Crippen LogP contribution < -0.4 is 5.32 Å². The van der Waals surface area contributed by atoms with Crippen LogP contribution in [0, 0.1) is 5.82 Å². The minimum Gasteiger partial charge on any atom is -0.457 e. The lowest BCUT2D eigenvalue weighted by Gasteiger charge is -2.18. The molecule has 3 aromatic carbocycles. The summed E-state index contributed by atoms with van der Waals surface area (Å²) in [5, 5.41) is 2.84. The summed E-state index contributed by atoms with van der Waals surface area (Å²) in [7, 11) is 0. The third-order valence-electron chi connectivity index (χ3n) is 4.44. The number of hydrogen-bond donors (Lipinski definition) is 1. The Kier molecular flexibility index (Phi) is 7.05. The first-order valence-electron chi connectivity index (χ1n) is 9.38. The maximum atomic E-state index is 13.0. The number of nitrogens with one attached hydrogen (secondary N) is 1. The number of rotatable bonds is 8. The minimum atomic E-state index is -0.632. The fraction of sp³-hybridized carbons (Fsp3) is 0.125. The Morgan fingerprint density at radius 1 is 0.800 bits per heavy atom. The fourth-order valence-electron chi connectivity index (χ4n) is 2.86. The van der Waals surface area contributed by atoms with E-state index in [1.54, 1.807) is 54.6 Å². The van der Waals surface area contributed by atoms with Crippen molar-refractivity contribution >= 4 is 17.7 Å². The van der Waals surface area contributed by atoms with Crippen LogP contribution in [-0.2, 0) is 9.53 Å². The highest BCUT2D eigenvalue weighted by molar-refractivity contribution is 5.98. The van der Waals surface area contributed by atoms with Crippen molar-refractivity contribution < 1.29 is 23.5 Å². The first kappa shape index (κ1) is 20.9. The highest BCUT2D eigenvalue weighted by Gasteiger charge is 2.21. The maximum Gasteiger partial charge on any atom is 0.308 e. The van der Waals surface area contributed by atoms with Crippen molar-refractivity contribution in [1.82, 2.24) is 5.32 Å². The molecule has 0 heterocycles. The Hall–Kier alpha value is -3.80. The monoisotopic (exact) mass is 405 g/mol. The molecule has 152 valence electrons. The van der Waals surface area contributed by atoms with Crippen molar-refractivity contribution in [2.45, 2.75) is 12.5 Å². The average molecular weight is 405 g/mol. The number of hydrogen-bond acceptors (Lipinski definition) is 4. The van der Waals surface area contributed by atoms with Crippen LogP contribution in [0.5, 0.6) is 0 Å². The van der Waals surface area contributed by atoms with Crippen molar-refractivity contribution in [3.8, 4) is 0 Å². The van der Waals surface area contributed by atoms with Crippen LogP contribution in [0.1, 0.15) is 38.7 Å². The van der Waals surface area contributed by atoms with E-state index in [9.17, 15) is 18.8 Å². The van der Waals surface area contributed by atoms with Crippen LogP contribution in [0.4, 0.5) is 4.39 Å². The summed E-state index contributed by atoms with van der Waals surface area (Å²) in [6.07, 6.45) is -0.140. The number of Topliss-reactive ketones (excluding diaryl/α,β-unsaturated/α-hetero) is 1. The van der Waals surface area contributed by atoms with Crippen molar-refractivity contribution in [2.75, 3.05) is 6.61 Å². The summed E-state index contributed by atoms with van der Waals surface area (Å²) in [6, 6.07) is 22.1. The quantitative estimate of drug-likeness (QED) is 0.452.